The molecule has 0 amide bonds. The zero-order valence-electron chi connectivity index (χ0n) is 10.7. The first-order chi connectivity index (χ1) is 7.99. The molecule has 1 aliphatic rings. The van der Waals surface area contributed by atoms with E-state index in [0.717, 1.165) is 28.4 Å². The summed E-state index contributed by atoms with van der Waals surface area (Å²) in [5.74, 6) is 1.74. The molecule has 0 aliphatic heterocycles. The highest BCUT2D eigenvalue weighted by molar-refractivity contribution is 9.10. The second kappa shape index (κ2) is 4.99. The average Bonchev–Trinajstić information content (AvgIpc) is 2.93. The second-order valence-electron chi connectivity index (χ2n) is 5.24. The third-order valence-electron chi connectivity index (χ3n) is 3.66. The zero-order valence-corrected chi connectivity index (χ0v) is 12.2. The fourth-order valence-corrected chi connectivity index (χ4v) is 2.90. The van der Waals surface area contributed by atoms with E-state index in [2.05, 4.69) is 46.9 Å². The Hall–Kier alpha value is -0.540. The molecule has 2 rings (SSSR count). The van der Waals surface area contributed by atoms with Gasteiger partial charge in [0, 0.05) is 23.8 Å². The summed E-state index contributed by atoms with van der Waals surface area (Å²) in [7, 11) is 2.13. The monoisotopic (exact) mass is 297 g/mol. The quantitative estimate of drug-likeness (QED) is 0.918. The molecule has 0 spiro atoms. The number of anilines is 1. The van der Waals surface area contributed by atoms with Gasteiger partial charge >= 0.3 is 0 Å². The van der Waals surface area contributed by atoms with Gasteiger partial charge in [0.1, 0.15) is 0 Å². The summed E-state index contributed by atoms with van der Waals surface area (Å²) in [6.45, 7) is 5.22. The van der Waals surface area contributed by atoms with Crippen LogP contribution in [0, 0.1) is 11.8 Å². The molecule has 1 N–H and O–H groups in total. The average molecular weight is 298 g/mol. The van der Waals surface area contributed by atoms with Crippen molar-refractivity contribution in [1.82, 2.24) is 0 Å². The Labute approximate surface area is 112 Å². The van der Waals surface area contributed by atoms with Crippen molar-refractivity contribution in [2.45, 2.75) is 26.4 Å². The van der Waals surface area contributed by atoms with Crippen molar-refractivity contribution in [2.24, 2.45) is 11.8 Å². The third-order valence-corrected chi connectivity index (χ3v) is 4.35. The van der Waals surface area contributed by atoms with Gasteiger partial charge in [-0.2, -0.15) is 0 Å². The SMILES string of the molecule is CC1CC1CN(C)c1ccc([C@H](C)O)c(Br)c1. The maximum atomic E-state index is 9.58. The lowest BCUT2D eigenvalue weighted by atomic mass is 10.1. The Morgan fingerprint density at radius 1 is 1.53 bits per heavy atom. The Kier molecular flexibility index (Phi) is 3.79. The highest BCUT2D eigenvalue weighted by atomic mass is 79.9. The van der Waals surface area contributed by atoms with E-state index in [4.69, 9.17) is 0 Å². The molecule has 0 radical (unpaired) electrons. The van der Waals surface area contributed by atoms with Crippen LogP contribution in [0.4, 0.5) is 5.69 Å². The first-order valence-corrected chi connectivity index (χ1v) is 6.97. The fourth-order valence-electron chi connectivity index (χ4n) is 2.20. The number of halogens is 1. The van der Waals surface area contributed by atoms with E-state index < -0.39 is 6.10 Å². The summed E-state index contributed by atoms with van der Waals surface area (Å²) >= 11 is 3.52. The van der Waals surface area contributed by atoms with Gasteiger partial charge in [-0.3, -0.25) is 0 Å². The molecule has 1 fully saturated rings. The molecule has 1 saturated carbocycles. The Balaban J connectivity index is 2.08. The van der Waals surface area contributed by atoms with Crippen molar-refractivity contribution < 1.29 is 5.11 Å². The third kappa shape index (κ3) is 3.02. The van der Waals surface area contributed by atoms with E-state index in [9.17, 15) is 5.11 Å². The minimum Gasteiger partial charge on any atom is -0.389 e. The molecule has 1 aromatic rings. The van der Waals surface area contributed by atoms with Crippen LogP contribution in [-0.4, -0.2) is 18.7 Å². The molecule has 0 saturated heterocycles. The van der Waals surface area contributed by atoms with Gasteiger partial charge in [-0.05, 0) is 42.9 Å². The van der Waals surface area contributed by atoms with Crippen LogP contribution < -0.4 is 4.90 Å². The van der Waals surface area contributed by atoms with Gasteiger partial charge in [0.05, 0.1) is 6.10 Å². The molecule has 2 unspecified atom stereocenters. The van der Waals surface area contributed by atoms with E-state index in [1.54, 1.807) is 6.92 Å². The van der Waals surface area contributed by atoms with Gasteiger partial charge in [-0.15, -0.1) is 0 Å². The van der Waals surface area contributed by atoms with Gasteiger partial charge in [0.25, 0.3) is 0 Å². The van der Waals surface area contributed by atoms with E-state index in [1.165, 1.54) is 12.1 Å². The van der Waals surface area contributed by atoms with Crippen molar-refractivity contribution in [2.75, 3.05) is 18.5 Å². The first-order valence-electron chi connectivity index (χ1n) is 6.17. The molecular formula is C14H20BrNO. The smallest absolute Gasteiger partial charge is 0.0772 e. The topological polar surface area (TPSA) is 23.5 Å². The highest BCUT2D eigenvalue weighted by Gasteiger charge is 2.33. The molecule has 2 nitrogen and oxygen atoms in total. The van der Waals surface area contributed by atoms with E-state index in [1.807, 2.05) is 6.07 Å². The number of aliphatic hydroxyl groups is 1. The second-order valence-corrected chi connectivity index (χ2v) is 6.09. The molecule has 0 bridgehead atoms. The standard InChI is InChI=1S/C14H20BrNO/c1-9-6-11(9)8-16(3)12-4-5-13(10(2)17)14(15)7-12/h4-5,7,9-11,17H,6,8H2,1-3H3/t9?,10-,11?/m0/s1. The van der Waals surface area contributed by atoms with E-state index in [-0.39, 0.29) is 0 Å². The predicted molar refractivity (Wildman–Crippen MR) is 75.3 cm³/mol. The number of hydrogen-bond donors (Lipinski definition) is 1. The van der Waals surface area contributed by atoms with Gasteiger partial charge < -0.3 is 10.0 Å². The minimum atomic E-state index is -0.424. The molecule has 1 aromatic carbocycles. The van der Waals surface area contributed by atoms with Crippen molar-refractivity contribution in [3.05, 3.63) is 28.2 Å². The Morgan fingerprint density at radius 3 is 2.65 bits per heavy atom. The number of nitrogens with zero attached hydrogens (tertiary/aromatic N) is 1. The van der Waals surface area contributed by atoms with Crippen molar-refractivity contribution in [1.29, 1.82) is 0 Å². The van der Waals surface area contributed by atoms with Gasteiger partial charge in [-0.1, -0.05) is 28.9 Å². The lowest BCUT2D eigenvalue weighted by Crippen LogP contribution is -2.20. The summed E-state index contributed by atoms with van der Waals surface area (Å²) in [5.41, 5.74) is 2.15. The maximum Gasteiger partial charge on any atom is 0.0772 e. The molecule has 3 heteroatoms. The van der Waals surface area contributed by atoms with Crippen molar-refractivity contribution in [3.8, 4) is 0 Å². The largest absolute Gasteiger partial charge is 0.389 e. The van der Waals surface area contributed by atoms with Crippen LogP contribution in [0.25, 0.3) is 0 Å². The van der Waals surface area contributed by atoms with Crippen LogP contribution in [0.3, 0.4) is 0 Å². The summed E-state index contributed by atoms with van der Waals surface area (Å²) in [6.07, 6.45) is 0.934. The summed E-state index contributed by atoms with van der Waals surface area (Å²) in [4.78, 5) is 2.30. The normalized spacial score (nSPS) is 24.5. The van der Waals surface area contributed by atoms with Gasteiger partial charge in [-0.25, -0.2) is 0 Å². The van der Waals surface area contributed by atoms with Crippen molar-refractivity contribution >= 4 is 21.6 Å². The van der Waals surface area contributed by atoms with Crippen LogP contribution in [0.15, 0.2) is 22.7 Å². The maximum absolute atomic E-state index is 9.58. The molecule has 17 heavy (non-hydrogen) atoms. The molecule has 3 atom stereocenters. The molecule has 0 aromatic heterocycles. The van der Waals surface area contributed by atoms with Crippen LogP contribution in [0.5, 0.6) is 0 Å². The zero-order chi connectivity index (χ0) is 12.6. The summed E-state index contributed by atoms with van der Waals surface area (Å²) in [5, 5.41) is 9.58. The number of rotatable bonds is 4. The van der Waals surface area contributed by atoms with Gasteiger partial charge in [0.2, 0.25) is 0 Å². The summed E-state index contributed by atoms with van der Waals surface area (Å²) < 4.78 is 0.987. The minimum absolute atomic E-state index is 0.424. The lowest BCUT2D eigenvalue weighted by molar-refractivity contribution is 0.198. The highest BCUT2D eigenvalue weighted by Crippen LogP contribution is 2.39. The molecule has 0 heterocycles. The van der Waals surface area contributed by atoms with Gasteiger partial charge in [0.15, 0.2) is 0 Å². The van der Waals surface area contributed by atoms with E-state index >= 15 is 0 Å². The van der Waals surface area contributed by atoms with Crippen LogP contribution >= 0.6 is 15.9 Å². The number of benzene rings is 1. The summed E-state index contributed by atoms with van der Waals surface area (Å²) in [6, 6.07) is 6.17. The first kappa shape index (κ1) is 12.9. The number of hydrogen-bond acceptors (Lipinski definition) is 2. The lowest BCUT2D eigenvalue weighted by Gasteiger charge is -2.20. The van der Waals surface area contributed by atoms with Crippen LogP contribution in [0.1, 0.15) is 31.9 Å². The fraction of sp³-hybridized carbons (Fsp3) is 0.571. The molecule has 1 aliphatic carbocycles. The van der Waals surface area contributed by atoms with Crippen molar-refractivity contribution in [3.63, 3.8) is 0 Å². The Bertz CT molecular complexity index is 405. The molecule has 94 valence electrons. The van der Waals surface area contributed by atoms with Crippen LogP contribution in [0.2, 0.25) is 0 Å². The van der Waals surface area contributed by atoms with Crippen LogP contribution in [-0.2, 0) is 0 Å². The van der Waals surface area contributed by atoms with E-state index in [0.29, 0.717) is 0 Å². The number of aliphatic hydroxyl groups excluding tert-OH is 1. The molecular weight excluding hydrogens is 278 g/mol. The predicted octanol–water partition coefficient (Wildman–Crippen LogP) is 3.59. The Morgan fingerprint density at radius 2 is 2.18 bits per heavy atom.